The summed E-state index contributed by atoms with van der Waals surface area (Å²) in [6.07, 6.45) is 2.36. The molecule has 1 unspecified atom stereocenters. The van der Waals surface area contributed by atoms with E-state index in [-0.39, 0.29) is 11.9 Å². The second-order valence-corrected chi connectivity index (χ2v) is 8.90. The van der Waals surface area contributed by atoms with Crippen molar-refractivity contribution in [2.24, 2.45) is 0 Å². The number of aromatic amines is 1. The minimum atomic E-state index is -3.34. The Morgan fingerprint density at radius 2 is 2.19 bits per heavy atom. The number of anilines is 1. The van der Waals surface area contributed by atoms with Crippen molar-refractivity contribution in [3.05, 3.63) is 39.9 Å². The van der Waals surface area contributed by atoms with E-state index in [0.717, 1.165) is 17.9 Å². The number of aromatic nitrogens is 3. The molecule has 1 aromatic heterocycles. The second kappa shape index (κ2) is 7.43. The van der Waals surface area contributed by atoms with Crippen molar-refractivity contribution in [2.75, 3.05) is 17.1 Å². The van der Waals surface area contributed by atoms with Gasteiger partial charge in [-0.15, -0.1) is 0 Å². The number of rotatable bonds is 6. The van der Waals surface area contributed by atoms with Crippen molar-refractivity contribution in [2.45, 2.75) is 39.3 Å². The number of benzene rings is 1. The molecule has 0 aliphatic carbocycles. The highest BCUT2D eigenvalue weighted by Crippen LogP contribution is 2.34. The number of carbonyl (C=O) groups is 1. The van der Waals surface area contributed by atoms with Gasteiger partial charge in [0.25, 0.3) is 5.91 Å². The zero-order valence-electron chi connectivity index (χ0n) is 15.5. The predicted octanol–water partition coefficient (Wildman–Crippen LogP) is 1.64. The summed E-state index contributed by atoms with van der Waals surface area (Å²) in [4.78, 5) is 12.5. The summed E-state index contributed by atoms with van der Waals surface area (Å²) in [6.45, 7) is 5.00. The third-order valence-electron chi connectivity index (χ3n) is 4.64. The van der Waals surface area contributed by atoms with E-state index in [1.165, 1.54) is 10.6 Å². The Morgan fingerprint density at radius 3 is 2.85 bits per heavy atom. The van der Waals surface area contributed by atoms with Crippen LogP contribution in [0.15, 0.2) is 18.2 Å². The van der Waals surface area contributed by atoms with Crippen LogP contribution in [0.4, 0.5) is 5.69 Å². The molecule has 0 saturated heterocycles. The fourth-order valence-corrected chi connectivity index (χ4v) is 5.05. The largest absolute Gasteiger partial charge is 0.352 e. The molecule has 1 aromatic carbocycles. The SMILES string of the molecule is CCn1c(CCNC(=O)c2ccc3c(c2)CC(C)N3S(C)(=O)=O)n[nH]c1=S. The van der Waals surface area contributed by atoms with E-state index in [0.29, 0.717) is 35.4 Å². The number of carbonyl (C=O) groups excluding carboxylic acids is 1. The molecule has 0 spiro atoms. The van der Waals surface area contributed by atoms with Gasteiger partial charge < -0.3 is 9.88 Å². The van der Waals surface area contributed by atoms with Gasteiger partial charge in [0.1, 0.15) is 5.82 Å². The molecular formula is C17H23N5O3S2. The molecule has 0 bridgehead atoms. The van der Waals surface area contributed by atoms with Crippen LogP contribution in [-0.4, -0.2) is 47.9 Å². The third kappa shape index (κ3) is 3.91. The molecule has 0 saturated carbocycles. The van der Waals surface area contributed by atoms with Crippen LogP contribution >= 0.6 is 12.2 Å². The molecule has 1 aliphatic heterocycles. The first-order valence-electron chi connectivity index (χ1n) is 8.77. The summed E-state index contributed by atoms with van der Waals surface area (Å²) < 4.78 is 27.8. The molecule has 0 fully saturated rings. The molecule has 1 atom stereocenters. The Morgan fingerprint density at radius 1 is 1.44 bits per heavy atom. The van der Waals surface area contributed by atoms with Gasteiger partial charge in [0.2, 0.25) is 10.0 Å². The molecule has 27 heavy (non-hydrogen) atoms. The summed E-state index contributed by atoms with van der Waals surface area (Å²) in [5.74, 6) is 0.606. The van der Waals surface area contributed by atoms with Crippen molar-refractivity contribution in [1.82, 2.24) is 20.1 Å². The smallest absolute Gasteiger partial charge is 0.251 e. The van der Waals surface area contributed by atoms with Gasteiger partial charge >= 0.3 is 0 Å². The Bertz CT molecular complexity index is 1030. The van der Waals surface area contributed by atoms with Crippen LogP contribution in [0.2, 0.25) is 0 Å². The van der Waals surface area contributed by atoms with Gasteiger partial charge in [-0.25, -0.2) is 8.42 Å². The van der Waals surface area contributed by atoms with Crippen LogP contribution in [0.3, 0.4) is 0 Å². The van der Waals surface area contributed by atoms with Crippen LogP contribution in [0, 0.1) is 4.77 Å². The fourth-order valence-electron chi connectivity index (χ4n) is 3.51. The van der Waals surface area contributed by atoms with Crippen molar-refractivity contribution in [3.8, 4) is 0 Å². The minimum Gasteiger partial charge on any atom is -0.352 e. The highest BCUT2D eigenvalue weighted by Gasteiger charge is 2.32. The number of nitrogens with zero attached hydrogens (tertiary/aromatic N) is 3. The molecule has 8 nitrogen and oxygen atoms in total. The lowest BCUT2D eigenvalue weighted by Gasteiger charge is -2.21. The zero-order valence-corrected chi connectivity index (χ0v) is 17.2. The highest BCUT2D eigenvalue weighted by atomic mass is 32.2. The average molecular weight is 410 g/mol. The fraction of sp³-hybridized carbons (Fsp3) is 0.471. The van der Waals surface area contributed by atoms with Gasteiger partial charge in [0, 0.05) is 31.1 Å². The maximum atomic E-state index is 12.5. The maximum Gasteiger partial charge on any atom is 0.251 e. The van der Waals surface area contributed by atoms with Gasteiger partial charge in [-0.1, -0.05) is 0 Å². The molecule has 146 valence electrons. The van der Waals surface area contributed by atoms with Crippen LogP contribution in [0.25, 0.3) is 0 Å². The van der Waals surface area contributed by atoms with Crippen LogP contribution in [-0.2, 0) is 29.4 Å². The molecule has 3 rings (SSSR count). The number of H-pyrrole nitrogens is 1. The van der Waals surface area contributed by atoms with Crippen LogP contribution < -0.4 is 9.62 Å². The van der Waals surface area contributed by atoms with E-state index in [4.69, 9.17) is 12.2 Å². The monoisotopic (exact) mass is 409 g/mol. The van der Waals surface area contributed by atoms with Gasteiger partial charge in [0.15, 0.2) is 4.77 Å². The summed E-state index contributed by atoms with van der Waals surface area (Å²) in [5, 5.41) is 9.81. The normalized spacial score (nSPS) is 16.4. The number of nitrogens with one attached hydrogen (secondary N) is 2. The molecule has 2 aromatic rings. The second-order valence-electron chi connectivity index (χ2n) is 6.65. The number of amides is 1. The summed E-state index contributed by atoms with van der Waals surface area (Å²) in [7, 11) is -3.34. The number of fused-ring (bicyclic) bond motifs is 1. The number of hydrogen-bond acceptors (Lipinski definition) is 5. The van der Waals surface area contributed by atoms with E-state index in [9.17, 15) is 13.2 Å². The van der Waals surface area contributed by atoms with Crippen LogP contribution in [0.1, 0.15) is 35.6 Å². The van der Waals surface area contributed by atoms with Gasteiger partial charge in [-0.3, -0.25) is 14.2 Å². The Hall–Kier alpha value is -2.20. The lowest BCUT2D eigenvalue weighted by Crippen LogP contribution is -2.34. The molecule has 1 amide bonds. The first kappa shape index (κ1) is 19.6. The van der Waals surface area contributed by atoms with E-state index in [1.807, 2.05) is 18.4 Å². The number of hydrogen-bond donors (Lipinski definition) is 2. The molecule has 10 heteroatoms. The maximum absolute atomic E-state index is 12.5. The molecular weight excluding hydrogens is 386 g/mol. The Kier molecular flexibility index (Phi) is 5.38. The van der Waals surface area contributed by atoms with Crippen molar-refractivity contribution in [3.63, 3.8) is 0 Å². The zero-order chi connectivity index (χ0) is 19.8. The molecule has 1 aliphatic rings. The van der Waals surface area contributed by atoms with E-state index in [2.05, 4.69) is 15.5 Å². The third-order valence-corrected chi connectivity index (χ3v) is 6.22. The summed E-state index contributed by atoms with van der Waals surface area (Å²) in [5.41, 5.74) is 2.04. The average Bonchev–Trinajstić information content (AvgIpc) is 3.12. The van der Waals surface area contributed by atoms with Crippen LogP contribution in [0.5, 0.6) is 0 Å². The van der Waals surface area contributed by atoms with Gasteiger partial charge in [-0.2, -0.15) is 5.10 Å². The Balaban J connectivity index is 1.68. The summed E-state index contributed by atoms with van der Waals surface area (Å²) in [6, 6.07) is 4.99. The topological polar surface area (TPSA) is 100 Å². The lowest BCUT2D eigenvalue weighted by atomic mass is 10.1. The first-order chi connectivity index (χ1) is 12.7. The van der Waals surface area contributed by atoms with Gasteiger partial charge in [-0.05, 0) is 56.2 Å². The highest BCUT2D eigenvalue weighted by molar-refractivity contribution is 7.92. The standard InChI is InChI=1S/C17H23N5O3S2/c1-4-21-15(19-20-17(21)26)7-8-18-16(23)12-5-6-14-13(10-12)9-11(2)22(14)27(3,24)25/h5-6,10-11H,4,7-9H2,1-3H3,(H,18,23)(H,20,26). The van der Waals surface area contributed by atoms with E-state index < -0.39 is 10.0 Å². The quantitative estimate of drug-likeness (QED) is 0.707. The molecule has 2 N–H and O–H groups in total. The van der Waals surface area contributed by atoms with Crippen molar-refractivity contribution < 1.29 is 13.2 Å². The first-order valence-corrected chi connectivity index (χ1v) is 11.0. The minimum absolute atomic E-state index is 0.148. The number of sulfonamides is 1. The lowest BCUT2D eigenvalue weighted by molar-refractivity contribution is 0.0954. The molecule has 2 heterocycles. The Labute approximate surface area is 163 Å². The van der Waals surface area contributed by atoms with Crippen molar-refractivity contribution in [1.29, 1.82) is 0 Å². The molecule has 0 radical (unpaired) electrons. The van der Waals surface area contributed by atoms with Gasteiger partial charge in [0.05, 0.1) is 11.9 Å². The predicted molar refractivity (Wildman–Crippen MR) is 106 cm³/mol. The van der Waals surface area contributed by atoms with E-state index in [1.54, 1.807) is 18.2 Å². The summed E-state index contributed by atoms with van der Waals surface area (Å²) >= 11 is 5.15. The van der Waals surface area contributed by atoms with Crippen molar-refractivity contribution >= 4 is 33.8 Å². The van der Waals surface area contributed by atoms with E-state index >= 15 is 0 Å².